The zero-order chi connectivity index (χ0) is 20.1. The minimum atomic E-state index is -0.111. The minimum absolute atomic E-state index is 0.00667. The number of carbonyl (C=O) groups is 2. The summed E-state index contributed by atoms with van der Waals surface area (Å²) in [5.74, 6) is 0.112. The van der Waals surface area contributed by atoms with Crippen molar-refractivity contribution in [1.29, 1.82) is 0 Å². The summed E-state index contributed by atoms with van der Waals surface area (Å²) in [6, 6.07) is 0.0183. The quantitative estimate of drug-likeness (QED) is 0.687. The van der Waals surface area contributed by atoms with E-state index in [9.17, 15) is 9.59 Å². The number of ether oxygens (including phenoxy) is 1. The Labute approximate surface area is 160 Å². The molecular formula is C21H40N2O3. The largest absolute Gasteiger partial charge is 0.369 e. The van der Waals surface area contributed by atoms with Crippen LogP contribution in [0, 0.1) is 16.7 Å². The van der Waals surface area contributed by atoms with Gasteiger partial charge in [-0.2, -0.15) is 0 Å². The molecule has 0 aromatic rings. The van der Waals surface area contributed by atoms with Gasteiger partial charge in [0.1, 0.15) is 6.61 Å². The molecule has 0 aromatic heterocycles. The highest BCUT2D eigenvalue weighted by molar-refractivity contribution is 5.79. The lowest BCUT2D eigenvalue weighted by molar-refractivity contribution is -0.130. The monoisotopic (exact) mass is 368 g/mol. The molecule has 1 saturated carbocycles. The number of hydrogen-bond acceptors (Lipinski definition) is 3. The van der Waals surface area contributed by atoms with Gasteiger partial charge in [0, 0.05) is 18.0 Å². The van der Waals surface area contributed by atoms with Crippen molar-refractivity contribution < 1.29 is 14.3 Å². The van der Waals surface area contributed by atoms with E-state index < -0.39 is 0 Å². The van der Waals surface area contributed by atoms with E-state index >= 15 is 0 Å². The van der Waals surface area contributed by atoms with Crippen LogP contribution in [-0.2, 0) is 14.3 Å². The second-order valence-electron chi connectivity index (χ2n) is 10.1. The molecule has 2 atom stereocenters. The van der Waals surface area contributed by atoms with Gasteiger partial charge >= 0.3 is 0 Å². The molecule has 5 heteroatoms. The predicted molar refractivity (Wildman–Crippen MR) is 106 cm³/mol. The maximum Gasteiger partial charge on any atom is 0.246 e. The van der Waals surface area contributed by atoms with Crippen LogP contribution in [0.3, 0.4) is 0 Å². The van der Waals surface area contributed by atoms with E-state index in [0.717, 1.165) is 19.3 Å². The Hall–Kier alpha value is -1.10. The molecule has 2 unspecified atom stereocenters. The number of hydrogen-bond donors (Lipinski definition) is 2. The zero-order valence-electron chi connectivity index (χ0n) is 18.1. The lowest BCUT2D eigenvalue weighted by Crippen LogP contribution is -2.46. The molecule has 26 heavy (non-hydrogen) atoms. The second kappa shape index (κ2) is 9.20. The van der Waals surface area contributed by atoms with Crippen LogP contribution in [-0.4, -0.2) is 36.6 Å². The lowest BCUT2D eigenvalue weighted by Gasteiger charge is -2.44. The van der Waals surface area contributed by atoms with Crippen LogP contribution < -0.4 is 10.6 Å². The Morgan fingerprint density at radius 1 is 0.962 bits per heavy atom. The van der Waals surface area contributed by atoms with Crippen molar-refractivity contribution >= 4 is 11.8 Å². The summed E-state index contributed by atoms with van der Waals surface area (Å²) in [5.41, 5.74) is 0.398. The summed E-state index contributed by atoms with van der Waals surface area (Å²) >= 11 is 0. The summed E-state index contributed by atoms with van der Waals surface area (Å²) in [4.78, 5) is 24.6. The van der Waals surface area contributed by atoms with Crippen molar-refractivity contribution in [2.75, 3.05) is 6.61 Å². The minimum Gasteiger partial charge on any atom is -0.369 e. The molecule has 0 spiro atoms. The first kappa shape index (κ1) is 22.9. The predicted octanol–water partition coefficient (Wildman–Crippen LogP) is 3.66. The number of amides is 2. The molecule has 1 aliphatic carbocycles. The Balaban J connectivity index is 2.45. The fourth-order valence-electron chi connectivity index (χ4n) is 4.60. The molecule has 1 fully saturated rings. The molecule has 0 bridgehead atoms. The van der Waals surface area contributed by atoms with Crippen molar-refractivity contribution in [3.8, 4) is 0 Å². The fraction of sp³-hybridized carbons (Fsp3) is 0.905. The molecule has 2 N–H and O–H groups in total. The average Bonchev–Trinajstić information content (AvgIpc) is 2.41. The number of rotatable bonds is 8. The molecule has 0 heterocycles. The normalized spacial score (nSPS) is 21.9. The third-order valence-electron chi connectivity index (χ3n) is 4.98. The highest BCUT2D eigenvalue weighted by atomic mass is 16.5. The van der Waals surface area contributed by atoms with E-state index in [2.05, 4.69) is 38.3 Å². The van der Waals surface area contributed by atoms with Gasteiger partial charge in [-0.15, -0.1) is 0 Å². The molecular weight excluding hydrogens is 328 g/mol. The van der Waals surface area contributed by atoms with Crippen molar-refractivity contribution in [3.63, 3.8) is 0 Å². The molecule has 0 aromatic carbocycles. The highest BCUT2D eigenvalue weighted by Crippen LogP contribution is 2.48. The summed E-state index contributed by atoms with van der Waals surface area (Å²) < 4.78 is 5.31. The van der Waals surface area contributed by atoms with E-state index in [0.29, 0.717) is 6.42 Å². The maximum atomic E-state index is 12.7. The van der Waals surface area contributed by atoms with E-state index in [1.165, 1.54) is 0 Å². The van der Waals surface area contributed by atoms with E-state index in [-0.39, 0.29) is 53.4 Å². The number of nitrogens with one attached hydrogen (secondary N) is 2. The Morgan fingerprint density at radius 2 is 1.46 bits per heavy atom. The first-order chi connectivity index (χ1) is 11.8. The van der Waals surface area contributed by atoms with Gasteiger partial charge < -0.3 is 15.4 Å². The van der Waals surface area contributed by atoms with Gasteiger partial charge in [-0.3, -0.25) is 9.59 Å². The summed E-state index contributed by atoms with van der Waals surface area (Å²) in [6.45, 7) is 16.9. The topological polar surface area (TPSA) is 67.4 Å². The average molecular weight is 369 g/mol. The van der Waals surface area contributed by atoms with Crippen LogP contribution in [0.2, 0.25) is 0 Å². The number of carbonyl (C=O) groups excluding carboxylic acids is 2. The van der Waals surface area contributed by atoms with Crippen LogP contribution in [0.4, 0.5) is 0 Å². The van der Waals surface area contributed by atoms with Crippen LogP contribution in [0.25, 0.3) is 0 Å². The van der Waals surface area contributed by atoms with Crippen molar-refractivity contribution in [3.05, 3.63) is 0 Å². The van der Waals surface area contributed by atoms with E-state index in [1.807, 2.05) is 27.7 Å². The van der Waals surface area contributed by atoms with Gasteiger partial charge in [0.25, 0.3) is 0 Å². The third-order valence-corrected chi connectivity index (χ3v) is 4.98. The van der Waals surface area contributed by atoms with E-state index in [4.69, 9.17) is 4.74 Å². The van der Waals surface area contributed by atoms with Gasteiger partial charge in [-0.05, 0) is 64.2 Å². The maximum absolute atomic E-state index is 12.7. The van der Waals surface area contributed by atoms with Crippen molar-refractivity contribution in [2.24, 2.45) is 16.7 Å². The molecule has 152 valence electrons. The van der Waals surface area contributed by atoms with Crippen molar-refractivity contribution in [1.82, 2.24) is 10.6 Å². The first-order valence-electron chi connectivity index (χ1n) is 10.0. The Kier molecular flexibility index (Phi) is 8.12. The molecule has 1 aliphatic rings. The smallest absolute Gasteiger partial charge is 0.246 e. The van der Waals surface area contributed by atoms with Gasteiger partial charge in [0.2, 0.25) is 11.8 Å². The van der Waals surface area contributed by atoms with Crippen LogP contribution in [0.5, 0.6) is 0 Å². The van der Waals surface area contributed by atoms with Crippen LogP contribution in [0.15, 0.2) is 0 Å². The van der Waals surface area contributed by atoms with E-state index in [1.54, 1.807) is 0 Å². The molecule has 0 saturated heterocycles. The third kappa shape index (κ3) is 8.52. The fourth-order valence-corrected chi connectivity index (χ4v) is 4.60. The lowest BCUT2D eigenvalue weighted by atomic mass is 9.61. The standard InChI is InChI=1S/C21H40N2O3/c1-14(2)26-12-18(24)22-15(3)9-16(4)23-19(25)17-10-20(5,6)13-21(7,8)11-17/h14-17H,9-13H2,1-8H3,(H,22,24)(H,23,25). The molecule has 0 aliphatic heterocycles. The van der Waals surface area contributed by atoms with Crippen molar-refractivity contribution in [2.45, 2.75) is 99.3 Å². The SMILES string of the molecule is CC(CC(C)NC(=O)C1CC(C)(C)CC(C)(C)C1)NC(=O)COC(C)C. The molecule has 1 rings (SSSR count). The molecule has 2 amide bonds. The van der Waals surface area contributed by atoms with Gasteiger partial charge in [0.15, 0.2) is 0 Å². The van der Waals surface area contributed by atoms with Crippen LogP contribution in [0.1, 0.15) is 81.1 Å². The molecule has 0 radical (unpaired) electrons. The van der Waals surface area contributed by atoms with Gasteiger partial charge in [-0.1, -0.05) is 27.7 Å². The molecule has 5 nitrogen and oxygen atoms in total. The Morgan fingerprint density at radius 3 is 1.96 bits per heavy atom. The zero-order valence-corrected chi connectivity index (χ0v) is 18.1. The van der Waals surface area contributed by atoms with Gasteiger partial charge in [-0.25, -0.2) is 0 Å². The summed E-state index contributed by atoms with van der Waals surface area (Å²) in [7, 11) is 0. The first-order valence-corrected chi connectivity index (χ1v) is 10.0. The van der Waals surface area contributed by atoms with Crippen LogP contribution >= 0.6 is 0 Å². The highest BCUT2D eigenvalue weighted by Gasteiger charge is 2.41. The van der Waals surface area contributed by atoms with Gasteiger partial charge in [0.05, 0.1) is 6.10 Å². The summed E-state index contributed by atoms with van der Waals surface area (Å²) in [5, 5.41) is 6.09. The summed E-state index contributed by atoms with van der Waals surface area (Å²) in [6.07, 6.45) is 3.78. The Bertz CT molecular complexity index is 470. The second-order valence-corrected chi connectivity index (χ2v) is 10.1.